The van der Waals surface area contributed by atoms with E-state index >= 15 is 0 Å². The average molecular weight is 259 g/mol. The molecule has 1 heterocycles. The minimum atomic E-state index is -1.56. The Morgan fingerprint density at radius 2 is 2.00 bits per heavy atom. The molecule has 2 aliphatic rings. The van der Waals surface area contributed by atoms with Gasteiger partial charge in [-0.1, -0.05) is 30.3 Å². The normalized spacial score (nSPS) is 30.6. The minimum absolute atomic E-state index is 0.119. The molecule has 1 saturated carbocycles. The lowest BCUT2D eigenvalue weighted by atomic mass is 9.81. The Balaban J connectivity index is 1.91. The van der Waals surface area contributed by atoms with E-state index in [-0.39, 0.29) is 24.0 Å². The monoisotopic (exact) mass is 259 g/mol. The highest BCUT2D eigenvalue weighted by molar-refractivity contribution is 5.95. The fraction of sp³-hybridized carbons (Fsp3) is 0.467. The number of aliphatic hydroxyl groups is 1. The Kier molecular flexibility index (Phi) is 2.90. The van der Waals surface area contributed by atoms with E-state index in [2.05, 4.69) is 0 Å². The van der Waals surface area contributed by atoms with Crippen molar-refractivity contribution in [1.82, 2.24) is 4.90 Å². The van der Waals surface area contributed by atoms with Gasteiger partial charge < -0.3 is 10.0 Å². The zero-order chi connectivity index (χ0) is 13.5. The second-order valence-electron chi connectivity index (χ2n) is 5.41. The third-order valence-corrected chi connectivity index (χ3v) is 4.25. The maximum atomic E-state index is 12.1. The number of Topliss-reactive ketones (excluding diaryl/α,β-unsaturated/α-hetero) is 1. The van der Waals surface area contributed by atoms with Gasteiger partial charge in [0.15, 0.2) is 5.78 Å². The highest BCUT2D eigenvalue weighted by Gasteiger charge is 2.57. The summed E-state index contributed by atoms with van der Waals surface area (Å²) < 4.78 is 0. The summed E-state index contributed by atoms with van der Waals surface area (Å²) >= 11 is 0. The first-order valence-corrected chi connectivity index (χ1v) is 6.72. The van der Waals surface area contributed by atoms with Gasteiger partial charge >= 0.3 is 0 Å². The van der Waals surface area contributed by atoms with Crippen LogP contribution in [-0.2, 0) is 16.1 Å². The summed E-state index contributed by atoms with van der Waals surface area (Å²) in [6.07, 6.45) is 2.18. The van der Waals surface area contributed by atoms with Gasteiger partial charge in [-0.15, -0.1) is 0 Å². The molecule has 4 nitrogen and oxygen atoms in total. The van der Waals surface area contributed by atoms with E-state index in [0.717, 1.165) is 18.4 Å². The molecule has 0 spiro atoms. The van der Waals surface area contributed by atoms with Gasteiger partial charge in [0.05, 0.1) is 0 Å². The molecule has 100 valence electrons. The molecule has 0 radical (unpaired) electrons. The Morgan fingerprint density at radius 3 is 2.74 bits per heavy atom. The summed E-state index contributed by atoms with van der Waals surface area (Å²) in [4.78, 5) is 25.6. The number of hydrogen-bond acceptors (Lipinski definition) is 3. The van der Waals surface area contributed by atoms with Crippen LogP contribution in [0.4, 0.5) is 0 Å². The van der Waals surface area contributed by atoms with E-state index in [9.17, 15) is 14.7 Å². The quantitative estimate of drug-likeness (QED) is 0.875. The third-order valence-electron chi connectivity index (χ3n) is 4.25. The fourth-order valence-electron chi connectivity index (χ4n) is 3.22. The van der Waals surface area contributed by atoms with Crippen LogP contribution >= 0.6 is 0 Å². The predicted molar refractivity (Wildman–Crippen MR) is 68.9 cm³/mol. The van der Waals surface area contributed by atoms with Gasteiger partial charge in [0.25, 0.3) is 0 Å². The number of amides is 1. The number of hydrogen-bond donors (Lipinski definition) is 1. The summed E-state index contributed by atoms with van der Waals surface area (Å²) in [7, 11) is 0. The zero-order valence-corrected chi connectivity index (χ0v) is 10.7. The third kappa shape index (κ3) is 1.87. The first kappa shape index (κ1) is 12.4. The van der Waals surface area contributed by atoms with E-state index in [1.54, 1.807) is 0 Å². The number of benzene rings is 1. The molecule has 2 fully saturated rings. The average Bonchev–Trinajstić information content (AvgIpc) is 2.66. The zero-order valence-electron chi connectivity index (χ0n) is 10.7. The van der Waals surface area contributed by atoms with E-state index in [0.29, 0.717) is 13.0 Å². The molecular formula is C15H17NO3. The largest absolute Gasteiger partial charge is 0.364 e. The molecule has 1 aliphatic heterocycles. The highest BCUT2D eigenvalue weighted by Crippen LogP contribution is 2.42. The van der Waals surface area contributed by atoms with Gasteiger partial charge in [0.1, 0.15) is 0 Å². The van der Waals surface area contributed by atoms with Crippen LogP contribution in [0.25, 0.3) is 0 Å². The molecule has 0 bridgehead atoms. The number of nitrogens with zero attached hydrogens (tertiary/aromatic N) is 1. The molecule has 1 amide bonds. The van der Waals surface area contributed by atoms with Crippen molar-refractivity contribution in [3.63, 3.8) is 0 Å². The van der Waals surface area contributed by atoms with Crippen LogP contribution in [0.15, 0.2) is 30.3 Å². The SMILES string of the molecule is O=C1CC2CCCC(=O)C2(O)N1Cc1ccccc1. The van der Waals surface area contributed by atoms with Crippen molar-refractivity contribution in [3.05, 3.63) is 35.9 Å². The van der Waals surface area contributed by atoms with Gasteiger partial charge in [-0.05, 0) is 18.4 Å². The smallest absolute Gasteiger partial charge is 0.225 e. The summed E-state index contributed by atoms with van der Waals surface area (Å²) in [5.74, 6) is -0.554. The van der Waals surface area contributed by atoms with Crippen LogP contribution < -0.4 is 0 Å². The number of likely N-dealkylation sites (tertiary alicyclic amines) is 1. The first-order chi connectivity index (χ1) is 9.12. The van der Waals surface area contributed by atoms with Crippen molar-refractivity contribution in [2.24, 2.45) is 5.92 Å². The van der Waals surface area contributed by atoms with Crippen molar-refractivity contribution in [3.8, 4) is 0 Å². The topological polar surface area (TPSA) is 57.6 Å². The Morgan fingerprint density at radius 1 is 1.26 bits per heavy atom. The maximum absolute atomic E-state index is 12.1. The van der Waals surface area contributed by atoms with Gasteiger partial charge in [0.2, 0.25) is 11.6 Å². The second kappa shape index (κ2) is 4.46. The van der Waals surface area contributed by atoms with Crippen molar-refractivity contribution in [2.45, 2.75) is 38.0 Å². The number of rotatable bonds is 2. The van der Waals surface area contributed by atoms with Crippen molar-refractivity contribution in [2.75, 3.05) is 0 Å². The highest BCUT2D eigenvalue weighted by atomic mass is 16.3. The van der Waals surface area contributed by atoms with E-state index < -0.39 is 5.72 Å². The van der Waals surface area contributed by atoms with Gasteiger partial charge in [-0.2, -0.15) is 0 Å². The lowest BCUT2D eigenvalue weighted by Gasteiger charge is -2.38. The Labute approximate surface area is 112 Å². The second-order valence-corrected chi connectivity index (χ2v) is 5.41. The summed E-state index contributed by atoms with van der Waals surface area (Å²) in [6, 6.07) is 9.48. The van der Waals surface area contributed by atoms with Crippen LogP contribution in [0.1, 0.15) is 31.2 Å². The Bertz CT molecular complexity index is 513. The molecule has 3 rings (SSSR count). The van der Waals surface area contributed by atoms with E-state index in [1.807, 2.05) is 30.3 Å². The molecule has 1 aliphatic carbocycles. The Hall–Kier alpha value is -1.68. The fourth-order valence-corrected chi connectivity index (χ4v) is 3.22. The lowest BCUT2D eigenvalue weighted by Crippen LogP contribution is -2.56. The molecule has 1 N–H and O–H groups in total. The summed E-state index contributed by atoms with van der Waals surface area (Å²) in [6.45, 7) is 0.304. The van der Waals surface area contributed by atoms with Crippen LogP contribution in [-0.4, -0.2) is 27.4 Å². The van der Waals surface area contributed by atoms with Crippen LogP contribution in [0.2, 0.25) is 0 Å². The standard InChI is InChI=1S/C15H17NO3/c17-13-8-4-7-12-9-14(18)16(15(12,13)19)10-11-5-2-1-3-6-11/h1-3,5-6,12,19H,4,7-10H2. The molecule has 2 unspecified atom stereocenters. The molecule has 0 aromatic heterocycles. The molecule has 4 heteroatoms. The van der Waals surface area contributed by atoms with Crippen LogP contribution in [0.5, 0.6) is 0 Å². The van der Waals surface area contributed by atoms with E-state index in [1.165, 1.54) is 4.90 Å². The van der Waals surface area contributed by atoms with Crippen molar-refractivity contribution in [1.29, 1.82) is 0 Å². The van der Waals surface area contributed by atoms with Crippen molar-refractivity contribution >= 4 is 11.7 Å². The number of carbonyl (C=O) groups excluding carboxylic acids is 2. The minimum Gasteiger partial charge on any atom is -0.364 e. The number of carbonyl (C=O) groups is 2. The number of fused-ring (bicyclic) bond motifs is 1. The predicted octanol–water partition coefficient (Wildman–Crippen LogP) is 1.48. The molecule has 1 saturated heterocycles. The summed E-state index contributed by atoms with van der Waals surface area (Å²) in [5.41, 5.74) is -0.631. The first-order valence-electron chi connectivity index (χ1n) is 6.72. The molecule has 19 heavy (non-hydrogen) atoms. The van der Waals surface area contributed by atoms with Crippen LogP contribution in [0.3, 0.4) is 0 Å². The number of ketones is 1. The van der Waals surface area contributed by atoms with Gasteiger partial charge in [-0.25, -0.2) is 0 Å². The van der Waals surface area contributed by atoms with Crippen LogP contribution in [0, 0.1) is 5.92 Å². The molecule has 1 aromatic carbocycles. The van der Waals surface area contributed by atoms with Gasteiger partial charge in [-0.3, -0.25) is 9.59 Å². The summed E-state index contributed by atoms with van der Waals surface area (Å²) in [5, 5.41) is 10.7. The lowest BCUT2D eigenvalue weighted by molar-refractivity contribution is -0.175. The van der Waals surface area contributed by atoms with Crippen molar-refractivity contribution < 1.29 is 14.7 Å². The maximum Gasteiger partial charge on any atom is 0.225 e. The molecule has 1 aromatic rings. The van der Waals surface area contributed by atoms with Gasteiger partial charge in [0, 0.05) is 25.3 Å². The molecule has 2 atom stereocenters. The van der Waals surface area contributed by atoms with E-state index in [4.69, 9.17) is 0 Å². The molecular weight excluding hydrogens is 242 g/mol.